The molecule has 0 nitrogen and oxygen atoms in total. The number of hydrogen-bond donors (Lipinski definition) is 0. The highest BCUT2D eigenvalue weighted by atomic mass is 14.2. The average molecular weight is 647 g/mol. The maximum absolute atomic E-state index is 2.62. The van der Waals surface area contributed by atoms with Crippen LogP contribution in [0.25, 0.3) is 0 Å². The van der Waals surface area contributed by atoms with Gasteiger partial charge in [0.05, 0.1) is 0 Å². The first kappa shape index (κ1) is 46.0. The van der Waals surface area contributed by atoms with Crippen molar-refractivity contribution in [2.45, 2.75) is 285 Å². The van der Waals surface area contributed by atoms with E-state index in [1.54, 1.807) is 0 Å². The summed E-state index contributed by atoms with van der Waals surface area (Å²) < 4.78 is 0. The van der Waals surface area contributed by atoms with Crippen molar-refractivity contribution in [1.29, 1.82) is 0 Å². The maximum Gasteiger partial charge on any atom is -0.0388 e. The smallest absolute Gasteiger partial charge is 0.0388 e. The maximum atomic E-state index is 2.62. The van der Waals surface area contributed by atoms with Gasteiger partial charge in [-0.2, -0.15) is 0 Å². The van der Waals surface area contributed by atoms with E-state index in [1.807, 2.05) is 0 Å². The lowest BCUT2D eigenvalue weighted by Crippen LogP contribution is -2.12. The topological polar surface area (TPSA) is 0 Å². The summed E-state index contributed by atoms with van der Waals surface area (Å²) in [5.74, 6) is 1.96. The molecule has 278 valence electrons. The van der Waals surface area contributed by atoms with E-state index in [0.717, 1.165) is 11.8 Å². The molecule has 0 spiro atoms. The lowest BCUT2D eigenvalue weighted by molar-refractivity contribution is 0.274. The van der Waals surface area contributed by atoms with E-state index in [-0.39, 0.29) is 0 Å². The first-order chi connectivity index (χ1) is 22.8. The van der Waals surface area contributed by atoms with Gasteiger partial charge in [0.2, 0.25) is 0 Å². The Hall–Kier alpha value is 0. The zero-order valence-electron chi connectivity index (χ0n) is 33.4. The van der Waals surface area contributed by atoms with Crippen LogP contribution < -0.4 is 0 Å². The third-order valence-electron chi connectivity index (χ3n) is 11.4. The molecule has 0 saturated heterocycles. The van der Waals surface area contributed by atoms with Gasteiger partial charge in [0.15, 0.2) is 0 Å². The Bertz CT molecular complexity index is 474. The lowest BCUT2D eigenvalue weighted by atomic mass is 9.81. The van der Waals surface area contributed by atoms with Gasteiger partial charge in [0.25, 0.3) is 0 Å². The molecule has 0 heteroatoms. The predicted molar refractivity (Wildman–Crippen MR) is 214 cm³/mol. The van der Waals surface area contributed by atoms with Crippen LogP contribution in [0.3, 0.4) is 0 Å². The Kier molecular flexibility index (Phi) is 41.2. The van der Waals surface area contributed by atoms with Gasteiger partial charge in [-0.15, -0.1) is 0 Å². The highest BCUT2D eigenvalue weighted by Crippen LogP contribution is 2.30. The fraction of sp³-hybridized carbons (Fsp3) is 1.00. The number of unbranched alkanes of at least 4 members (excludes halogenated alkanes) is 34. The Morgan fingerprint density at radius 1 is 0.217 bits per heavy atom. The summed E-state index contributed by atoms with van der Waals surface area (Å²) >= 11 is 0. The normalized spacial score (nSPS) is 12.5. The highest BCUT2D eigenvalue weighted by molar-refractivity contribution is 4.68. The second-order valence-corrected chi connectivity index (χ2v) is 16.1. The molecular formula is C46H94. The van der Waals surface area contributed by atoms with Crippen LogP contribution in [0.2, 0.25) is 0 Å². The summed E-state index contributed by atoms with van der Waals surface area (Å²) in [7, 11) is 0. The molecule has 0 aromatic carbocycles. The fourth-order valence-electron chi connectivity index (χ4n) is 7.93. The van der Waals surface area contributed by atoms with Crippen molar-refractivity contribution < 1.29 is 0 Å². The Balaban J connectivity index is 3.95. The quantitative estimate of drug-likeness (QED) is 0.0580. The van der Waals surface area contributed by atoms with Gasteiger partial charge in [0, 0.05) is 0 Å². The van der Waals surface area contributed by atoms with Crippen LogP contribution >= 0.6 is 0 Å². The third-order valence-corrected chi connectivity index (χ3v) is 11.4. The van der Waals surface area contributed by atoms with Crippen LogP contribution in [0.1, 0.15) is 285 Å². The van der Waals surface area contributed by atoms with Crippen LogP contribution in [-0.2, 0) is 0 Å². The molecule has 0 aromatic rings. The molecule has 0 aliphatic heterocycles. The summed E-state index contributed by atoms with van der Waals surface area (Å²) in [5, 5.41) is 0. The molecule has 0 amide bonds. The minimum absolute atomic E-state index is 0.953. The van der Waals surface area contributed by atoms with Crippen LogP contribution in [-0.4, -0.2) is 0 Å². The van der Waals surface area contributed by atoms with Crippen LogP contribution in [0.4, 0.5) is 0 Å². The molecule has 0 heterocycles. The largest absolute Gasteiger partial charge is 0.0654 e. The third kappa shape index (κ3) is 36.8. The van der Waals surface area contributed by atoms with Gasteiger partial charge in [0.1, 0.15) is 0 Å². The van der Waals surface area contributed by atoms with Crippen molar-refractivity contribution >= 4 is 0 Å². The summed E-state index contributed by atoms with van der Waals surface area (Å²) in [5.41, 5.74) is 0. The molecule has 0 N–H and O–H groups in total. The van der Waals surface area contributed by atoms with E-state index in [9.17, 15) is 0 Å². The first-order valence-corrected chi connectivity index (χ1v) is 22.8. The van der Waals surface area contributed by atoms with Crippen molar-refractivity contribution in [2.75, 3.05) is 0 Å². The predicted octanol–water partition coefficient (Wildman–Crippen LogP) is 17.9. The van der Waals surface area contributed by atoms with E-state index < -0.39 is 0 Å². The second kappa shape index (κ2) is 41.2. The van der Waals surface area contributed by atoms with Gasteiger partial charge < -0.3 is 0 Å². The molecular weight excluding hydrogens is 553 g/mol. The molecule has 46 heavy (non-hydrogen) atoms. The molecule has 0 rings (SSSR count). The summed E-state index contributed by atoms with van der Waals surface area (Å²) in [6.07, 6.45) is 59.1. The molecule has 1 unspecified atom stereocenters. The van der Waals surface area contributed by atoms with Gasteiger partial charge in [-0.05, 0) is 11.8 Å². The Labute approximate surface area is 295 Å². The van der Waals surface area contributed by atoms with Crippen molar-refractivity contribution in [2.24, 2.45) is 11.8 Å². The summed E-state index contributed by atoms with van der Waals surface area (Å²) in [6, 6.07) is 0. The highest BCUT2D eigenvalue weighted by Gasteiger charge is 2.16. The molecule has 0 radical (unpaired) electrons. The fourth-order valence-corrected chi connectivity index (χ4v) is 7.93. The first-order valence-electron chi connectivity index (χ1n) is 22.8. The molecule has 1 atom stereocenters. The SMILES string of the molecule is CCCCCCCCCCCCCCCCCC(CCCCCCCCCCCCCCCCC)C(C)CCCCCCCCC. The molecule has 0 aromatic heterocycles. The molecule has 0 bridgehead atoms. The minimum Gasteiger partial charge on any atom is -0.0654 e. The standard InChI is InChI=1S/C46H94/c1-5-8-11-14-17-19-21-23-25-27-29-31-34-37-40-43-46(45(4)42-39-36-33-16-13-10-7-3)44-41-38-35-32-30-28-26-24-22-20-18-15-12-9-6-2/h45-46H,5-44H2,1-4H3. The van der Waals surface area contributed by atoms with Gasteiger partial charge in [-0.3, -0.25) is 0 Å². The van der Waals surface area contributed by atoms with Gasteiger partial charge >= 0.3 is 0 Å². The van der Waals surface area contributed by atoms with Gasteiger partial charge in [-0.1, -0.05) is 285 Å². The number of rotatable bonds is 41. The van der Waals surface area contributed by atoms with E-state index in [0.29, 0.717) is 0 Å². The van der Waals surface area contributed by atoms with E-state index in [2.05, 4.69) is 27.7 Å². The minimum atomic E-state index is 0.953. The average Bonchev–Trinajstić information content (AvgIpc) is 3.06. The van der Waals surface area contributed by atoms with E-state index in [4.69, 9.17) is 0 Å². The molecule has 0 saturated carbocycles. The molecule has 0 aliphatic rings. The summed E-state index contributed by atoms with van der Waals surface area (Å²) in [6.45, 7) is 9.59. The second-order valence-electron chi connectivity index (χ2n) is 16.1. The lowest BCUT2D eigenvalue weighted by Gasteiger charge is -2.24. The Morgan fingerprint density at radius 2 is 0.391 bits per heavy atom. The van der Waals surface area contributed by atoms with Gasteiger partial charge in [-0.25, -0.2) is 0 Å². The zero-order valence-corrected chi connectivity index (χ0v) is 33.4. The van der Waals surface area contributed by atoms with E-state index >= 15 is 0 Å². The Morgan fingerprint density at radius 3 is 0.609 bits per heavy atom. The summed E-state index contributed by atoms with van der Waals surface area (Å²) in [4.78, 5) is 0. The molecule has 0 aliphatic carbocycles. The zero-order chi connectivity index (χ0) is 33.4. The van der Waals surface area contributed by atoms with E-state index in [1.165, 1.54) is 257 Å². The van der Waals surface area contributed by atoms with Crippen LogP contribution in [0, 0.1) is 11.8 Å². The van der Waals surface area contributed by atoms with Crippen molar-refractivity contribution in [3.8, 4) is 0 Å². The van der Waals surface area contributed by atoms with Crippen LogP contribution in [0.5, 0.6) is 0 Å². The van der Waals surface area contributed by atoms with Crippen molar-refractivity contribution in [3.63, 3.8) is 0 Å². The number of hydrogen-bond acceptors (Lipinski definition) is 0. The monoisotopic (exact) mass is 647 g/mol. The molecule has 0 fully saturated rings. The van der Waals surface area contributed by atoms with Crippen molar-refractivity contribution in [1.82, 2.24) is 0 Å². The van der Waals surface area contributed by atoms with Crippen LogP contribution in [0.15, 0.2) is 0 Å². The van der Waals surface area contributed by atoms with Crippen molar-refractivity contribution in [3.05, 3.63) is 0 Å².